The van der Waals surface area contributed by atoms with Crippen LogP contribution in [-0.2, 0) is 27.2 Å². The third-order valence-corrected chi connectivity index (χ3v) is 8.19. The van der Waals surface area contributed by atoms with Crippen molar-refractivity contribution in [1.29, 1.82) is 0 Å². The number of thioether (sulfide) groups is 1. The van der Waals surface area contributed by atoms with Crippen LogP contribution in [0.4, 0.5) is 5.69 Å². The van der Waals surface area contributed by atoms with E-state index in [9.17, 15) is 14.7 Å². The first-order valence-corrected chi connectivity index (χ1v) is 15.8. The fourth-order valence-corrected chi connectivity index (χ4v) is 5.59. The highest BCUT2D eigenvalue weighted by Gasteiger charge is 2.23. The third kappa shape index (κ3) is 9.09. The van der Waals surface area contributed by atoms with E-state index in [1.165, 1.54) is 0 Å². The smallest absolute Gasteiger partial charge is 0.326 e. The molecule has 4 rings (SSSR count). The van der Waals surface area contributed by atoms with E-state index in [0.717, 1.165) is 50.4 Å². The van der Waals surface area contributed by atoms with Crippen molar-refractivity contribution in [2.24, 2.45) is 5.90 Å². The average Bonchev–Trinajstić information content (AvgIpc) is 3.02. The van der Waals surface area contributed by atoms with E-state index in [-0.39, 0.29) is 0 Å². The molecule has 4 aromatic carbocycles. The molecule has 1 atom stereocenters. The number of carbonyl (C=O) groups is 2. The summed E-state index contributed by atoms with van der Waals surface area (Å²) in [5, 5.41) is 12.5. The highest BCUT2D eigenvalue weighted by atomic mass is 32.2. The van der Waals surface area contributed by atoms with Gasteiger partial charge in [0.15, 0.2) is 0 Å². The minimum atomic E-state index is -1.04. The van der Waals surface area contributed by atoms with Crippen molar-refractivity contribution in [3.63, 3.8) is 0 Å². The van der Waals surface area contributed by atoms with E-state index in [0.29, 0.717) is 30.8 Å². The largest absolute Gasteiger partial charge is 0.480 e. The van der Waals surface area contributed by atoms with Crippen LogP contribution in [0.2, 0.25) is 0 Å². The first kappa shape index (κ1) is 32.1. The van der Waals surface area contributed by atoms with E-state index < -0.39 is 17.9 Å². The lowest BCUT2D eigenvalue weighted by Crippen LogP contribution is -2.41. The second-order valence-electron chi connectivity index (χ2n) is 9.92. The molecule has 43 heavy (non-hydrogen) atoms. The zero-order valence-electron chi connectivity index (χ0n) is 24.1. The summed E-state index contributed by atoms with van der Waals surface area (Å²) in [6.07, 6.45) is 2.26. The number of aryl methyl sites for hydroxylation is 1. The molecule has 10 heteroatoms. The van der Waals surface area contributed by atoms with Gasteiger partial charge in [-0.2, -0.15) is 17.7 Å². The van der Waals surface area contributed by atoms with Crippen LogP contribution in [-0.4, -0.2) is 35.0 Å². The normalized spacial score (nSPS) is 11.6. The van der Waals surface area contributed by atoms with Crippen LogP contribution in [0.5, 0.6) is 0 Å². The Balaban J connectivity index is 1.69. The van der Waals surface area contributed by atoms with Crippen LogP contribution in [0, 0.1) is 6.92 Å². The lowest BCUT2D eigenvalue weighted by molar-refractivity contribution is -0.195. The number of carbonyl (C=O) groups excluding carboxylic acids is 1. The predicted octanol–water partition coefficient (Wildman–Crippen LogP) is 6.63. The van der Waals surface area contributed by atoms with Crippen molar-refractivity contribution >= 4 is 41.4 Å². The summed E-state index contributed by atoms with van der Waals surface area (Å²) in [4.78, 5) is 32.7. The summed E-state index contributed by atoms with van der Waals surface area (Å²) < 4.78 is 4.78. The maximum absolute atomic E-state index is 13.5. The first-order valence-electron chi connectivity index (χ1n) is 13.7. The van der Waals surface area contributed by atoms with Gasteiger partial charge in [0.2, 0.25) is 0 Å². The van der Waals surface area contributed by atoms with Crippen molar-refractivity contribution in [3.05, 3.63) is 119 Å². The van der Waals surface area contributed by atoms with Crippen LogP contribution in [0.3, 0.4) is 0 Å². The highest BCUT2D eigenvalue weighted by molar-refractivity contribution is 7.98. The summed E-state index contributed by atoms with van der Waals surface area (Å²) in [6.45, 7) is 3.23. The standard InChI is InChI=1S/C33H35N3O5S2/c1-23-8-6-7-11-28(23)30-20-25(12-17-29(30)32(37)35-31(33(38)39)18-19-42-2)22-36(21-24-9-4-3-5-10-24)26-13-15-27(16-14-26)43-41-40-34/h3-17,20,31H,18-19,21-22,34H2,1-2H3,(H,35,37)(H,38,39). The molecule has 0 heterocycles. The molecule has 0 saturated heterocycles. The molecule has 8 nitrogen and oxygen atoms in total. The number of hydrogen-bond donors (Lipinski definition) is 3. The summed E-state index contributed by atoms with van der Waals surface area (Å²) >= 11 is 2.57. The second-order valence-corrected chi connectivity index (χ2v) is 11.7. The Bertz CT molecular complexity index is 1500. The second kappa shape index (κ2) is 16.2. The van der Waals surface area contributed by atoms with Gasteiger partial charge in [-0.15, -0.1) is 9.32 Å². The number of nitrogens with zero attached hydrogens (tertiary/aromatic N) is 1. The van der Waals surface area contributed by atoms with Gasteiger partial charge < -0.3 is 15.3 Å². The van der Waals surface area contributed by atoms with Crippen LogP contribution >= 0.6 is 23.8 Å². The van der Waals surface area contributed by atoms with Gasteiger partial charge in [0.05, 0.1) is 12.0 Å². The number of nitrogens with two attached hydrogens (primary N) is 1. The quantitative estimate of drug-likeness (QED) is 0.0768. The molecule has 4 aromatic rings. The maximum atomic E-state index is 13.5. The van der Waals surface area contributed by atoms with Crippen molar-refractivity contribution < 1.29 is 24.0 Å². The van der Waals surface area contributed by atoms with Crippen molar-refractivity contribution in [2.75, 3.05) is 16.9 Å². The minimum Gasteiger partial charge on any atom is -0.480 e. The van der Waals surface area contributed by atoms with Crippen molar-refractivity contribution in [1.82, 2.24) is 5.32 Å². The zero-order chi connectivity index (χ0) is 30.6. The summed E-state index contributed by atoms with van der Waals surface area (Å²) in [5.41, 5.74) is 6.28. The number of rotatable bonds is 15. The molecule has 1 unspecified atom stereocenters. The average molecular weight is 618 g/mol. The number of hydrogen-bond acceptors (Lipinski definition) is 8. The molecule has 0 aliphatic rings. The van der Waals surface area contributed by atoms with Gasteiger partial charge in [-0.05, 0) is 89.6 Å². The molecule has 0 saturated carbocycles. The molecule has 0 spiro atoms. The highest BCUT2D eigenvalue weighted by Crippen LogP contribution is 2.31. The number of carboxylic acids is 1. The van der Waals surface area contributed by atoms with Crippen LogP contribution in [0.25, 0.3) is 11.1 Å². The molecule has 0 bridgehead atoms. The molecular weight excluding hydrogens is 583 g/mol. The van der Waals surface area contributed by atoms with E-state index in [4.69, 9.17) is 10.2 Å². The molecular formula is C33H35N3O5S2. The topological polar surface area (TPSA) is 114 Å². The van der Waals surface area contributed by atoms with Gasteiger partial charge in [-0.1, -0.05) is 60.7 Å². The van der Waals surface area contributed by atoms with Gasteiger partial charge in [0.25, 0.3) is 5.91 Å². The minimum absolute atomic E-state index is 0.344. The molecule has 0 aliphatic heterocycles. The molecule has 0 aromatic heterocycles. The molecule has 224 valence electrons. The van der Waals surface area contributed by atoms with E-state index >= 15 is 0 Å². The first-order chi connectivity index (χ1) is 20.9. The Morgan fingerprint density at radius 2 is 1.60 bits per heavy atom. The summed E-state index contributed by atoms with van der Waals surface area (Å²) in [5.74, 6) is 4.15. The van der Waals surface area contributed by atoms with Gasteiger partial charge in [-0.3, -0.25) is 4.79 Å². The van der Waals surface area contributed by atoms with E-state index in [2.05, 4.69) is 27.3 Å². The summed E-state index contributed by atoms with van der Waals surface area (Å²) in [6, 6.07) is 30.8. The number of nitrogens with one attached hydrogen (secondary N) is 1. The monoisotopic (exact) mass is 617 g/mol. The fourth-order valence-electron chi connectivity index (χ4n) is 4.75. The Labute approximate surface area is 260 Å². The molecule has 0 radical (unpaired) electrons. The van der Waals surface area contributed by atoms with Crippen LogP contribution in [0.1, 0.15) is 33.5 Å². The summed E-state index contributed by atoms with van der Waals surface area (Å²) in [7, 11) is 0. The van der Waals surface area contributed by atoms with Gasteiger partial charge in [-0.25, -0.2) is 4.79 Å². The molecule has 0 fully saturated rings. The number of aliphatic carboxylic acids is 1. The number of anilines is 1. The number of amides is 1. The zero-order valence-corrected chi connectivity index (χ0v) is 25.7. The molecule has 1 amide bonds. The Morgan fingerprint density at radius 1 is 0.907 bits per heavy atom. The van der Waals surface area contributed by atoms with Crippen molar-refractivity contribution in [2.45, 2.75) is 37.4 Å². The molecule has 4 N–H and O–H groups in total. The Hall–Kier alpha value is -3.80. The van der Waals surface area contributed by atoms with E-state index in [1.807, 2.05) is 92.0 Å². The van der Waals surface area contributed by atoms with Crippen molar-refractivity contribution in [3.8, 4) is 11.1 Å². The molecule has 0 aliphatic carbocycles. The number of carboxylic acid groups (broad SMARTS) is 1. The number of benzene rings is 4. The lowest BCUT2D eigenvalue weighted by Gasteiger charge is -2.26. The Morgan fingerprint density at radius 3 is 2.28 bits per heavy atom. The Kier molecular flexibility index (Phi) is 12.1. The fraction of sp³-hybridized carbons (Fsp3) is 0.212. The lowest BCUT2D eigenvalue weighted by atomic mass is 9.93. The SMILES string of the molecule is CSCCC(NC(=O)c1ccc(CN(Cc2ccccc2)c2ccc(SOON)cc2)cc1-c1ccccc1C)C(=O)O. The maximum Gasteiger partial charge on any atom is 0.326 e. The van der Waals surface area contributed by atoms with Crippen LogP contribution in [0.15, 0.2) is 102 Å². The van der Waals surface area contributed by atoms with E-state index in [1.54, 1.807) is 17.8 Å². The van der Waals surface area contributed by atoms with Crippen LogP contribution < -0.4 is 16.1 Å². The van der Waals surface area contributed by atoms with Gasteiger partial charge in [0.1, 0.15) is 6.04 Å². The van der Waals surface area contributed by atoms with Gasteiger partial charge >= 0.3 is 5.97 Å². The third-order valence-electron chi connectivity index (χ3n) is 6.94. The van der Waals surface area contributed by atoms with Gasteiger partial charge in [0, 0.05) is 29.2 Å². The predicted molar refractivity (Wildman–Crippen MR) is 173 cm³/mol.